The quantitative estimate of drug-likeness (QED) is 0.467. The van der Waals surface area contributed by atoms with E-state index in [9.17, 15) is 9.50 Å². The van der Waals surface area contributed by atoms with E-state index in [-0.39, 0.29) is 24.4 Å². The molecule has 158 valence electrons. The molecular formula is C23H17BrClFN2O3. The number of aromatic hydroxyl groups is 1. The van der Waals surface area contributed by atoms with Crippen LogP contribution < -0.4 is 14.8 Å². The van der Waals surface area contributed by atoms with Gasteiger partial charge in [-0.05, 0) is 75.6 Å². The molecule has 2 heterocycles. The maximum absolute atomic E-state index is 13.8. The first-order valence-electron chi connectivity index (χ1n) is 9.64. The van der Waals surface area contributed by atoms with Crippen LogP contribution in [0.25, 0.3) is 0 Å². The second-order valence-corrected chi connectivity index (χ2v) is 8.64. The average Bonchev–Trinajstić information content (AvgIpc) is 3.25. The third-order valence-corrected chi connectivity index (χ3v) is 6.21. The van der Waals surface area contributed by atoms with Gasteiger partial charge in [-0.25, -0.2) is 4.39 Å². The molecule has 5 rings (SSSR count). The fourth-order valence-corrected chi connectivity index (χ4v) is 4.39. The summed E-state index contributed by atoms with van der Waals surface area (Å²) < 4.78 is 25.1. The minimum absolute atomic E-state index is 0.146. The summed E-state index contributed by atoms with van der Waals surface area (Å²) in [5.41, 5.74) is 3.18. The van der Waals surface area contributed by atoms with E-state index in [2.05, 4.69) is 21.2 Å². The van der Waals surface area contributed by atoms with Gasteiger partial charge in [-0.1, -0.05) is 17.7 Å². The van der Waals surface area contributed by atoms with E-state index in [0.29, 0.717) is 33.0 Å². The maximum Gasteiger partial charge on any atom is 0.231 e. The van der Waals surface area contributed by atoms with Gasteiger partial charge < -0.3 is 14.6 Å². The molecule has 8 heteroatoms. The molecule has 0 radical (unpaired) electrons. The summed E-state index contributed by atoms with van der Waals surface area (Å²) >= 11 is 9.45. The number of nitrogens with one attached hydrogen (secondary N) is 1. The zero-order chi connectivity index (χ0) is 21.5. The topological polar surface area (TPSA) is 63.1 Å². The van der Waals surface area contributed by atoms with E-state index in [1.165, 1.54) is 6.07 Å². The summed E-state index contributed by atoms with van der Waals surface area (Å²) in [6.45, 7) is 0.193. The number of phenolic OH excluding ortho intramolecular Hbond substituents is 1. The van der Waals surface area contributed by atoms with E-state index < -0.39 is 6.17 Å². The fourth-order valence-electron chi connectivity index (χ4n) is 3.81. The van der Waals surface area contributed by atoms with Crippen molar-refractivity contribution in [3.63, 3.8) is 0 Å². The number of halogens is 3. The van der Waals surface area contributed by atoms with Crippen molar-refractivity contribution in [1.82, 2.24) is 5.32 Å². The Morgan fingerprint density at radius 3 is 2.74 bits per heavy atom. The molecule has 0 bridgehead atoms. The molecule has 2 N–H and O–H groups in total. The Hall–Kier alpha value is -2.61. The summed E-state index contributed by atoms with van der Waals surface area (Å²) in [5, 5.41) is 14.5. The molecule has 0 unspecified atom stereocenters. The van der Waals surface area contributed by atoms with Crippen LogP contribution in [0.5, 0.6) is 17.2 Å². The van der Waals surface area contributed by atoms with Gasteiger partial charge in [-0.2, -0.15) is 0 Å². The monoisotopic (exact) mass is 502 g/mol. The van der Waals surface area contributed by atoms with Crippen molar-refractivity contribution >= 4 is 33.2 Å². The lowest BCUT2D eigenvalue weighted by Crippen LogP contribution is -2.33. The Bertz CT molecular complexity index is 1200. The highest BCUT2D eigenvalue weighted by Crippen LogP contribution is 2.38. The summed E-state index contributed by atoms with van der Waals surface area (Å²) in [7, 11) is 0. The number of rotatable bonds is 3. The van der Waals surface area contributed by atoms with Crippen molar-refractivity contribution in [3.8, 4) is 17.2 Å². The Labute approximate surface area is 191 Å². The maximum atomic E-state index is 13.8. The fraction of sp³-hybridized carbons (Fsp3) is 0.174. The molecule has 2 aliphatic rings. The number of fused-ring (bicyclic) bond motifs is 1. The number of nitrogens with zero attached hydrogens (tertiary/aromatic N) is 1. The number of ether oxygens (including phenoxy) is 2. The number of hydrogen-bond acceptors (Lipinski definition) is 5. The van der Waals surface area contributed by atoms with E-state index in [1.807, 2.05) is 18.2 Å². The highest BCUT2D eigenvalue weighted by atomic mass is 79.9. The number of phenols is 1. The highest BCUT2D eigenvalue weighted by molar-refractivity contribution is 9.10. The van der Waals surface area contributed by atoms with Gasteiger partial charge in [0.2, 0.25) is 6.79 Å². The molecular weight excluding hydrogens is 487 g/mol. The van der Waals surface area contributed by atoms with Gasteiger partial charge in [0, 0.05) is 28.8 Å². The lowest BCUT2D eigenvalue weighted by molar-refractivity contribution is 0.174. The van der Waals surface area contributed by atoms with Gasteiger partial charge in [-0.15, -0.1) is 0 Å². The molecule has 0 amide bonds. The van der Waals surface area contributed by atoms with Crippen LogP contribution in [0.4, 0.5) is 4.39 Å². The SMILES string of the molecule is Oc1ccc(Cl)cc1[C@H]1CC(c2ccc3c(c2)OCO3)=N[C@H](c2ccc(F)c(Br)c2)N1. The molecule has 0 saturated carbocycles. The van der Waals surface area contributed by atoms with Crippen LogP contribution >= 0.6 is 27.5 Å². The Morgan fingerprint density at radius 1 is 1.06 bits per heavy atom. The lowest BCUT2D eigenvalue weighted by Gasteiger charge is -2.31. The first kappa shape index (κ1) is 20.3. The lowest BCUT2D eigenvalue weighted by atomic mass is 9.93. The van der Waals surface area contributed by atoms with Crippen molar-refractivity contribution < 1.29 is 19.0 Å². The van der Waals surface area contributed by atoms with Gasteiger partial charge in [-0.3, -0.25) is 10.3 Å². The smallest absolute Gasteiger partial charge is 0.231 e. The van der Waals surface area contributed by atoms with Gasteiger partial charge >= 0.3 is 0 Å². The second-order valence-electron chi connectivity index (χ2n) is 7.35. The first-order chi connectivity index (χ1) is 15.0. The Balaban J connectivity index is 1.58. The van der Waals surface area contributed by atoms with E-state index in [0.717, 1.165) is 16.8 Å². The molecule has 31 heavy (non-hydrogen) atoms. The second kappa shape index (κ2) is 8.15. The Kier molecular flexibility index (Phi) is 5.33. The van der Waals surface area contributed by atoms with Crippen LogP contribution in [-0.2, 0) is 0 Å². The molecule has 0 aromatic heterocycles. The normalized spacial score (nSPS) is 19.9. The third kappa shape index (κ3) is 4.01. The molecule has 0 fully saturated rings. The van der Waals surface area contributed by atoms with Crippen LogP contribution in [0.15, 0.2) is 64.1 Å². The molecule has 3 aromatic carbocycles. The van der Waals surface area contributed by atoms with Crippen LogP contribution in [0.3, 0.4) is 0 Å². The van der Waals surface area contributed by atoms with Gasteiger partial charge in [0.1, 0.15) is 17.7 Å². The molecule has 5 nitrogen and oxygen atoms in total. The summed E-state index contributed by atoms with van der Waals surface area (Å²) in [4.78, 5) is 4.90. The van der Waals surface area contributed by atoms with Crippen molar-refractivity contribution in [1.29, 1.82) is 0 Å². The summed E-state index contributed by atoms with van der Waals surface area (Å²) in [6, 6.07) is 15.2. The predicted molar refractivity (Wildman–Crippen MR) is 120 cm³/mol. The van der Waals surface area contributed by atoms with Crippen LogP contribution in [0.2, 0.25) is 5.02 Å². The number of benzene rings is 3. The van der Waals surface area contributed by atoms with Gasteiger partial charge in [0.25, 0.3) is 0 Å². The zero-order valence-electron chi connectivity index (χ0n) is 16.1. The highest BCUT2D eigenvalue weighted by Gasteiger charge is 2.29. The van der Waals surface area contributed by atoms with Crippen molar-refractivity contribution in [2.45, 2.75) is 18.6 Å². The van der Waals surface area contributed by atoms with Crippen LogP contribution in [-0.4, -0.2) is 17.6 Å². The third-order valence-electron chi connectivity index (χ3n) is 5.37. The largest absolute Gasteiger partial charge is 0.508 e. The van der Waals surface area contributed by atoms with Crippen LogP contribution in [0.1, 0.15) is 35.3 Å². The molecule has 0 spiro atoms. The summed E-state index contributed by atoms with van der Waals surface area (Å²) in [5.74, 6) is 1.17. The summed E-state index contributed by atoms with van der Waals surface area (Å²) in [6.07, 6.45) is 0.0707. The molecule has 2 aliphatic heterocycles. The van der Waals surface area contributed by atoms with Crippen LogP contribution in [0, 0.1) is 5.82 Å². The zero-order valence-corrected chi connectivity index (χ0v) is 18.5. The van der Waals surface area contributed by atoms with E-state index in [4.69, 9.17) is 26.1 Å². The minimum Gasteiger partial charge on any atom is -0.508 e. The van der Waals surface area contributed by atoms with E-state index >= 15 is 0 Å². The Morgan fingerprint density at radius 2 is 1.90 bits per heavy atom. The minimum atomic E-state index is -0.450. The number of hydrogen-bond donors (Lipinski definition) is 2. The van der Waals surface area contributed by atoms with Gasteiger partial charge in [0.15, 0.2) is 11.5 Å². The predicted octanol–water partition coefficient (Wildman–Crippen LogP) is 5.90. The molecule has 0 saturated heterocycles. The van der Waals surface area contributed by atoms with Crippen molar-refractivity contribution in [2.24, 2.45) is 4.99 Å². The van der Waals surface area contributed by atoms with Crippen molar-refractivity contribution in [2.75, 3.05) is 6.79 Å². The van der Waals surface area contributed by atoms with Gasteiger partial charge in [0.05, 0.1) is 4.47 Å². The standard InChI is InChI=1S/C23H17BrClFN2O3/c24-16-7-13(1-4-17(16)26)23-27-18(12-2-6-21-22(8-12)31-11-30-21)10-19(28-23)15-9-14(25)3-5-20(15)29/h1-9,19,23,28-29H,10-11H2/t19-,23+/m1/s1. The molecule has 2 atom stereocenters. The first-order valence-corrected chi connectivity index (χ1v) is 10.8. The molecule has 3 aromatic rings. The average molecular weight is 504 g/mol. The van der Waals surface area contributed by atoms with E-state index in [1.54, 1.807) is 30.3 Å². The molecule has 0 aliphatic carbocycles. The van der Waals surface area contributed by atoms with Crippen molar-refractivity contribution in [3.05, 3.63) is 86.6 Å². The number of aliphatic imine (C=N–C) groups is 1.